The van der Waals surface area contributed by atoms with Gasteiger partial charge in [-0.2, -0.15) is 13.2 Å². The molecule has 1 aromatic carbocycles. The minimum Gasteiger partial charge on any atom is -0.376 e. The zero-order chi connectivity index (χ0) is 16.5. The van der Waals surface area contributed by atoms with Gasteiger partial charge in [-0.3, -0.25) is 0 Å². The van der Waals surface area contributed by atoms with E-state index >= 15 is 0 Å². The standard InChI is InChI=1S/C12H7Cl2F3N4S/c13-6-1-5(2-7(14)3-6)8-4-9(12(15,16)17)20-11(19-8)21-10(18)22/h1-4H,(H3,18,19,20,21,22). The van der Waals surface area contributed by atoms with Gasteiger partial charge in [0.15, 0.2) is 10.8 Å². The van der Waals surface area contributed by atoms with Crippen LogP contribution >= 0.6 is 35.4 Å². The summed E-state index contributed by atoms with van der Waals surface area (Å²) in [6, 6.07) is 5.10. The van der Waals surface area contributed by atoms with Crippen LogP contribution < -0.4 is 11.1 Å². The Hall–Kier alpha value is -1.64. The largest absolute Gasteiger partial charge is 0.433 e. The number of halogens is 5. The second kappa shape index (κ2) is 6.23. The van der Waals surface area contributed by atoms with E-state index in [4.69, 9.17) is 28.9 Å². The second-order valence-corrected chi connectivity index (χ2v) is 5.42. The van der Waals surface area contributed by atoms with Crippen LogP contribution in [-0.4, -0.2) is 15.1 Å². The molecule has 1 aromatic heterocycles. The summed E-state index contributed by atoms with van der Waals surface area (Å²) < 4.78 is 38.8. The fourth-order valence-corrected chi connectivity index (χ4v) is 2.23. The lowest BCUT2D eigenvalue weighted by Crippen LogP contribution is -2.22. The van der Waals surface area contributed by atoms with E-state index in [1.165, 1.54) is 18.2 Å². The fourth-order valence-electron chi connectivity index (χ4n) is 1.61. The van der Waals surface area contributed by atoms with Gasteiger partial charge < -0.3 is 11.1 Å². The molecule has 0 saturated carbocycles. The molecular weight excluding hydrogens is 360 g/mol. The lowest BCUT2D eigenvalue weighted by Gasteiger charge is -2.11. The first kappa shape index (κ1) is 16.7. The van der Waals surface area contributed by atoms with Crippen LogP contribution in [0.2, 0.25) is 10.0 Å². The van der Waals surface area contributed by atoms with Crippen LogP contribution in [-0.2, 0) is 6.18 Å². The monoisotopic (exact) mass is 366 g/mol. The molecule has 0 aliphatic heterocycles. The zero-order valence-corrected chi connectivity index (χ0v) is 12.9. The van der Waals surface area contributed by atoms with Gasteiger partial charge >= 0.3 is 6.18 Å². The summed E-state index contributed by atoms with van der Waals surface area (Å²) in [5.74, 6) is -0.367. The van der Waals surface area contributed by atoms with E-state index in [9.17, 15) is 13.2 Å². The Kier molecular flexibility index (Phi) is 4.74. The smallest absolute Gasteiger partial charge is 0.376 e. The van der Waals surface area contributed by atoms with Crippen molar-refractivity contribution in [2.45, 2.75) is 6.18 Å². The molecule has 22 heavy (non-hydrogen) atoms. The molecule has 0 bridgehead atoms. The first-order valence-electron chi connectivity index (χ1n) is 5.64. The van der Waals surface area contributed by atoms with Crippen LogP contribution in [0.5, 0.6) is 0 Å². The zero-order valence-electron chi connectivity index (χ0n) is 10.6. The molecule has 4 nitrogen and oxygen atoms in total. The molecule has 1 heterocycles. The first-order valence-corrected chi connectivity index (χ1v) is 6.81. The summed E-state index contributed by atoms with van der Waals surface area (Å²) in [6.07, 6.45) is -4.66. The fraction of sp³-hybridized carbons (Fsp3) is 0.0833. The van der Waals surface area contributed by atoms with Gasteiger partial charge in [0.1, 0.15) is 0 Å². The number of nitrogens with two attached hydrogens (primary N) is 1. The molecule has 0 saturated heterocycles. The van der Waals surface area contributed by atoms with Crippen LogP contribution in [0.15, 0.2) is 24.3 Å². The number of hydrogen-bond acceptors (Lipinski definition) is 3. The van der Waals surface area contributed by atoms with E-state index in [-0.39, 0.29) is 26.8 Å². The van der Waals surface area contributed by atoms with Gasteiger partial charge in [0.25, 0.3) is 0 Å². The van der Waals surface area contributed by atoms with Crippen LogP contribution in [0.25, 0.3) is 11.3 Å². The molecule has 2 rings (SSSR count). The molecule has 116 valence electrons. The van der Waals surface area contributed by atoms with Crippen LogP contribution in [0.4, 0.5) is 19.1 Å². The molecule has 0 fully saturated rings. The van der Waals surface area contributed by atoms with Gasteiger partial charge in [-0.05, 0) is 36.5 Å². The van der Waals surface area contributed by atoms with Gasteiger partial charge in [0, 0.05) is 15.6 Å². The predicted octanol–water partition coefficient (Wildman–Crippen LogP) is 4.12. The van der Waals surface area contributed by atoms with Crippen molar-refractivity contribution in [1.29, 1.82) is 0 Å². The summed E-state index contributed by atoms with van der Waals surface area (Å²) in [6.45, 7) is 0. The topological polar surface area (TPSA) is 63.8 Å². The highest BCUT2D eigenvalue weighted by Crippen LogP contribution is 2.32. The van der Waals surface area contributed by atoms with Crippen molar-refractivity contribution in [1.82, 2.24) is 9.97 Å². The number of rotatable bonds is 2. The van der Waals surface area contributed by atoms with Crippen LogP contribution in [0.1, 0.15) is 5.69 Å². The van der Waals surface area contributed by atoms with E-state index < -0.39 is 11.9 Å². The van der Waals surface area contributed by atoms with Crippen molar-refractivity contribution < 1.29 is 13.2 Å². The van der Waals surface area contributed by atoms with Gasteiger partial charge in [0.2, 0.25) is 5.95 Å². The average molecular weight is 367 g/mol. The van der Waals surface area contributed by atoms with Crippen LogP contribution in [0, 0.1) is 0 Å². The molecule has 0 aliphatic carbocycles. The van der Waals surface area contributed by atoms with E-state index in [0.717, 1.165) is 6.07 Å². The number of alkyl halides is 3. The Morgan fingerprint density at radius 1 is 1.09 bits per heavy atom. The second-order valence-electron chi connectivity index (χ2n) is 4.11. The van der Waals surface area contributed by atoms with Crippen LogP contribution in [0.3, 0.4) is 0 Å². The Bertz CT molecular complexity index is 717. The van der Waals surface area contributed by atoms with E-state index in [1.807, 2.05) is 0 Å². The van der Waals surface area contributed by atoms with Crippen molar-refractivity contribution in [2.24, 2.45) is 5.73 Å². The molecule has 0 radical (unpaired) electrons. The molecule has 0 spiro atoms. The number of nitrogens with zero attached hydrogens (tertiary/aromatic N) is 2. The highest BCUT2D eigenvalue weighted by molar-refractivity contribution is 7.80. The third-order valence-electron chi connectivity index (χ3n) is 2.41. The lowest BCUT2D eigenvalue weighted by molar-refractivity contribution is -0.141. The summed E-state index contributed by atoms with van der Waals surface area (Å²) in [5.41, 5.74) is 4.37. The van der Waals surface area contributed by atoms with Gasteiger partial charge in [-0.1, -0.05) is 23.2 Å². The Morgan fingerprint density at radius 3 is 2.18 bits per heavy atom. The molecule has 0 aliphatic rings. The quantitative estimate of drug-likeness (QED) is 0.782. The molecular formula is C12H7Cl2F3N4S. The number of hydrogen-bond donors (Lipinski definition) is 2. The number of anilines is 1. The Balaban J connectivity index is 2.61. The third kappa shape index (κ3) is 4.19. The molecule has 2 aromatic rings. The number of aromatic nitrogens is 2. The van der Waals surface area contributed by atoms with E-state index in [0.29, 0.717) is 5.56 Å². The van der Waals surface area contributed by atoms with Crippen molar-refractivity contribution in [3.05, 3.63) is 40.0 Å². The molecule has 0 unspecified atom stereocenters. The highest BCUT2D eigenvalue weighted by Gasteiger charge is 2.34. The minimum absolute atomic E-state index is 0.0227. The van der Waals surface area contributed by atoms with Crippen molar-refractivity contribution >= 4 is 46.5 Å². The Morgan fingerprint density at radius 2 is 1.68 bits per heavy atom. The molecule has 0 amide bonds. The van der Waals surface area contributed by atoms with Crippen molar-refractivity contribution in [3.8, 4) is 11.3 Å². The summed E-state index contributed by atoms with van der Waals surface area (Å²) in [5, 5.41) is 2.55. The molecule has 0 atom stereocenters. The summed E-state index contributed by atoms with van der Waals surface area (Å²) in [4.78, 5) is 7.27. The predicted molar refractivity (Wildman–Crippen MR) is 82.9 cm³/mol. The first-order chi connectivity index (χ1) is 10.1. The van der Waals surface area contributed by atoms with Gasteiger partial charge in [0.05, 0.1) is 5.69 Å². The van der Waals surface area contributed by atoms with Gasteiger partial charge in [-0.25, -0.2) is 9.97 Å². The van der Waals surface area contributed by atoms with Crippen molar-refractivity contribution in [2.75, 3.05) is 5.32 Å². The summed E-state index contributed by atoms with van der Waals surface area (Å²) in [7, 11) is 0. The third-order valence-corrected chi connectivity index (χ3v) is 2.95. The molecule has 3 N–H and O–H groups in total. The lowest BCUT2D eigenvalue weighted by atomic mass is 10.1. The maximum absolute atomic E-state index is 12.9. The van der Waals surface area contributed by atoms with E-state index in [2.05, 4.69) is 27.5 Å². The minimum atomic E-state index is -4.66. The summed E-state index contributed by atoms with van der Waals surface area (Å²) >= 11 is 16.3. The van der Waals surface area contributed by atoms with Crippen molar-refractivity contribution in [3.63, 3.8) is 0 Å². The highest BCUT2D eigenvalue weighted by atomic mass is 35.5. The SMILES string of the molecule is NC(=S)Nc1nc(-c2cc(Cl)cc(Cl)c2)cc(C(F)(F)F)n1. The maximum atomic E-state index is 12.9. The number of benzene rings is 1. The number of nitrogens with one attached hydrogen (secondary N) is 1. The van der Waals surface area contributed by atoms with E-state index in [1.54, 1.807) is 0 Å². The number of thiocarbonyl (C=S) groups is 1. The average Bonchev–Trinajstić information content (AvgIpc) is 2.35. The Labute approximate surface area is 138 Å². The molecule has 10 heteroatoms. The normalized spacial score (nSPS) is 11.3. The maximum Gasteiger partial charge on any atom is 0.433 e. The van der Waals surface area contributed by atoms with Gasteiger partial charge in [-0.15, -0.1) is 0 Å².